The largest absolute Gasteiger partial charge is 0.480 e. The zero-order valence-corrected chi connectivity index (χ0v) is 24.1. The molecule has 1 saturated heterocycles. The number of nitriles is 1. The molecule has 0 N–H and O–H groups in total. The van der Waals surface area contributed by atoms with Gasteiger partial charge >= 0.3 is 6.09 Å². The smallest absolute Gasteiger partial charge is 0.410 e. The van der Waals surface area contributed by atoms with Crippen LogP contribution in [0, 0.1) is 23.0 Å². The zero-order valence-electron chi connectivity index (χ0n) is 23.3. The Morgan fingerprint density at radius 1 is 1.12 bits per heavy atom. The van der Waals surface area contributed by atoms with Crippen LogP contribution in [0.3, 0.4) is 0 Å². The van der Waals surface area contributed by atoms with E-state index in [1.807, 2.05) is 51.1 Å². The lowest BCUT2D eigenvalue weighted by atomic mass is 9.79. The first-order valence-electron chi connectivity index (χ1n) is 14.0. The van der Waals surface area contributed by atoms with Crippen LogP contribution < -0.4 is 4.74 Å². The van der Waals surface area contributed by atoms with E-state index in [0.717, 1.165) is 24.0 Å². The summed E-state index contributed by atoms with van der Waals surface area (Å²) in [6, 6.07) is 14.1. The molecule has 0 unspecified atom stereocenters. The lowest BCUT2D eigenvalue weighted by Gasteiger charge is -2.40. The number of hydrogen-bond donors (Lipinski definition) is 0. The van der Waals surface area contributed by atoms with Gasteiger partial charge in [-0.1, -0.05) is 41.9 Å². The minimum atomic E-state index is -1.11. The quantitative estimate of drug-likeness (QED) is 0.318. The van der Waals surface area contributed by atoms with Gasteiger partial charge in [0, 0.05) is 35.7 Å². The van der Waals surface area contributed by atoms with Crippen LogP contribution >= 0.6 is 11.6 Å². The maximum absolute atomic E-state index is 16.2. The van der Waals surface area contributed by atoms with Crippen molar-refractivity contribution in [2.24, 2.45) is 0 Å². The molecule has 3 aromatic rings. The number of ether oxygens (including phenoxy) is 2. The third-order valence-corrected chi connectivity index (χ3v) is 8.77. The highest BCUT2D eigenvalue weighted by Gasteiger charge is 2.54. The minimum absolute atomic E-state index is 0.0109. The zero-order chi connectivity index (χ0) is 29.1. The number of hydrogen-bond acceptors (Lipinski definition) is 4. The summed E-state index contributed by atoms with van der Waals surface area (Å²) in [7, 11) is 0. The van der Waals surface area contributed by atoms with Crippen LogP contribution in [0.5, 0.6) is 5.75 Å². The van der Waals surface area contributed by atoms with Gasteiger partial charge in [-0.25, -0.2) is 13.6 Å². The van der Waals surface area contributed by atoms with E-state index < -0.39 is 35.0 Å². The lowest BCUT2D eigenvalue weighted by molar-refractivity contribution is -0.0216. The minimum Gasteiger partial charge on any atom is -0.480 e. The number of benzene rings is 3. The molecule has 2 heterocycles. The Labute approximate surface area is 243 Å². The summed E-state index contributed by atoms with van der Waals surface area (Å²) in [5, 5.41) is 9.79. The number of amides is 1. The first-order chi connectivity index (χ1) is 19.5. The molecule has 0 spiro atoms. The van der Waals surface area contributed by atoms with Crippen LogP contribution in [0.2, 0.25) is 5.02 Å². The summed E-state index contributed by atoms with van der Waals surface area (Å²) < 4.78 is 44.1. The maximum Gasteiger partial charge on any atom is 0.410 e. The van der Waals surface area contributed by atoms with Gasteiger partial charge < -0.3 is 14.4 Å². The molecular formula is C33H31ClF2N2O3. The van der Waals surface area contributed by atoms with E-state index in [1.165, 1.54) is 6.07 Å². The molecule has 0 aromatic heterocycles. The molecule has 2 aliphatic heterocycles. The molecule has 1 fully saturated rings. The number of carbonyl (C=O) groups is 1. The number of likely N-dealkylation sites (tertiary alicyclic amines) is 1. The first-order valence-corrected chi connectivity index (χ1v) is 14.4. The van der Waals surface area contributed by atoms with Crippen LogP contribution in [0.1, 0.15) is 67.9 Å². The third kappa shape index (κ3) is 4.53. The molecular weight excluding hydrogens is 546 g/mol. The molecule has 41 heavy (non-hydrogen) atoms. The van der Waals surface area contributed by atoms with Gasteiger partial charge in [0.15, 0.2) is 5.60 Å². The summed E-state index contributed by atoms with van der Waals surface area (Å²) in [5.74, 6) is -1.06. The Morgan fingerprint density at radius 2 is 1.88 bits per heavy atom. The highest BCUT2D eigenvalue weighted by Crippen LogP contribution is 2.53. The number of aryl methyl sites for hydroxylation is 1. The van der Waals surface area contributed by atoms with Gasteiger partial charge in [-0.15, -0.1) is 0 Å². The van der Waals surface area contributed by atoms with E-state index in [9.17, 15) is 10.1 Å². The van der Waals surface area contributed by atoms with Gasteiger partial charge in [-0.3, -0.25) is 0 Å². The normalized spacial score (nSPS) is 21.3. The standard InChI is InChI=1S/C33H31ClF2N2O3/c1-32(2,3)41-31(39)38-14-8-13-26(38)33(21-10-5-4-6-11-21)17-23-25(40-33)16-24(35)29(34)28(23)27-20(18-37)15-19-9-7-12-22(19)30(27)36/h4-6,10-11,15-16,26H,7-9,12-14,17H2,1-3H3/t26-,33-/m0/s1. The second-order valence-electron chi connectivity index (χ2n) is 12.1. The number of carbonyl (C=O) groups excluding carboxylic acids is 1. The third-order valence-electron chi connectivity index (χ3n) is 8.40. The molecule has 1 aliphatic carbocycles. The summed E-state index contributed by atoms with van der Waals surface area (Å²) in [6.07, 6.45) is 3.15. The van der Waals surface area contributed by atoms with E-state index in [4.69, 9.17) is 21.1 Å². The molecule has 0 bridgehead atoms. The monoisotopic (exact) mass is 576 g/mol. The van der Waals surface area contributed by atoms with Crippen molar-refractivity contribution < 1.29 is 23.0 Å². The Hall–Kier alpha value is -3.63. The van der Waals surface area contributed by atoms with Crippen molar-refractivity contribution >= 4 is 17.7 Å². The van der Waals surface area contributed by atoms with E-state index >= 15 is 8.78 Å². The molecule has 5 nitrogen and oxygen atoms in total. The second kappa shape index (κ2) is 10.0. The van der Waals surface area contributed by atoms with E-state index in [-0.39, 0.29) is 33.9 Å². The predicted molar refractivity (Wildman–Crippen MR) is 152 cm³/mol. The fraction of sp³-hybridized carbons (Fsp3) is 0.394. The van der Waals surface area contributed by atoms with Crippen molar-refractivity contribution in [3.05, 3.63) is 86.9 Å². The maximum atomic E-state index is 16.2. The van der Waals surface area contributed by atoms with Crippen molar-refractivity contribution in [2.45, 2.75) is 76.5 Å². The van der Waals surface area contributed by atoms with Crippen LogP contribution in [-0.4, -0.2) is 29.2 Å². The molecule has 3 aromatic carbocycles. The summed E-state index contributed by atoms with van der Waals surface area (Å²) in [4.78, 5) is 15.1. The summed E-state index contributed by atoms with van der Waals surface area (Å²) >= 11 is 6.62. The highest BCUT2D eigenvalue weighted by molar-refractivity contribution is 6.34. The van der Waals surface area contributed by atoms with Crippen LogP contribution in [-0.2, 0) is 29.6 Å². The molecule has 0 radical (unpaired) electrons. The number of nitrogens with zero attached hydrogens (tertiary/aromatic N) is 2. The van der Waals surface area contributed by atoms with Crippen molar-refractivity contribution in [3.63, 3.8) is 0 Å². The number of halogens is 3. The van der Waals surface area contributed by atoms with Gasteiger partial charge in [0.25, 0.3) is 0 Å². The fourth-order valence-electron chi connectivity index (χ4n) is 6.74. The van der Waals surface area contributed by atoms with Crippen LogP contribution in [0.15, 0.2) is 42.5 Å². The topological polar surface area (TPSA) is 62.6 Å². The van der Waals surface area contributed by atoms with Crippen molar-refractivity contribution in [3.8, 4) is 22.9 Å². The molecule has 6 rings (SSSR count). The Bertz CT molecular complexity index is 1600. The van der Waals surface area contributed by atoms with Gasteiger partial charge in [0.05, 0.1) is 22.7 Å². The van der Waals surface area contributed by atoms with E-state index in [2.05, 4.69) is 6.07 Å². The SMILES string of the molecule is CC(C)(C)OC(=O)N1CCC[C@H]1[C@@]1(c2ccccc2)Cc2c(cc(F)c(Cl)c2-c2c(C#N)cc3c(c2F)CCC3)O1. The average Bonchev–Trinajstić information content (AvgIpc) is 3.68. The number of fused-ring (bicyclic) bond motifs is 2. The Balaban J connectivity index is 1.54. The average molecular weight is 577 g/mol. The molecule has 1 amide bonds. The van der Waals surface area contributed by atoms with Crippen molar-refractivity contribution in [1.82, 2.24) is 4.90 Å². The molecule has 2 atom stereocenters. The summed E-state index contributed by atoms with van der Waals surface area (Å²) in [5.41, 5.74) is 1.15. The molecule has 0 saturated carbocycles. The Kier molecular flexibility index (Phi) is 6.73. The molecule has 8 heteroatoms. The molecule has 212 valence electrons. The van der Waals surface area contributed by atoms with Crippen molar-refractivity contribution in [1.29, 1.82) is 5.26 Å². The van der Waals surface area contributed by atoms with Crippen molar-refractivity contribution in [2.75, 3.05) is 6.54 Å². The number of rotatable bonds is 3. The lowest BCUT2D eigenvalue weighted by Crippen LogP contribution is -2.53. The highest BCUT2D eigenvalue weighted by atomic mass is 35.5. The second-order valence-corrected chi connectivity index (χ2v) is 12.5. The summed E-state index contributed by atoms with van der Waals surface area (Å²) in [6.45, 7) is 5.94. The van der Waals surface area contributed by atoms with Gasteiger partial charge in [-0.2, -0.15) is 5.26 Å². The van der Waals surface area contributed by atoms with E-state index in [1.54, 1.807) is 11.0 Å². The van der Waals surface area contributed by atoms with Gasteiger partial charge in [-0.05, 0) is 75.6 Å². The van der Waals surface area contributed by atoms with Crippen LogP contribution in [0.25, 0.3) is 11.1 Å². The predicted octanol–water partition coefficient (Wildman–Crippen LogP) is 7.88. The van der Waals surface area contributed by atoms with Crippen LogP contribution in [0.4, 0.5) is 13.6 Å². The van der Waals surface area contributed by atoms with E-state index in [0.29, 0.717) is 36.9 Å². The fourth-order valence-corrected chi connectivity index (χ4v) is 7.00. The first kappa shape index (κ1) is 27.5. The van der Waals surface area contributed by atoms with Gasteiger partial charge in [0.1, 0.15) is 23.0 Å². The molecule has 3 aliphatic rings. The van der Waals surface area contributed by atoms with Gasteiger partial charge in [0.2, 0.25) is 0 Å². The Morgan fingerprint density at radius 3 is 2.59 bits per heavy atom.